The molecule has 7 heteroatoms. The zero-order chi connectivity index (χ0) is 18.7. The first-order valence-electron chi connectivity index (χ1n) is 7.90. The second-order valence-electron chi connectivity index (χ2n) is 5.81. The molecule has 3 rings (SSSR count). The molecule has 2 aromatic carbocycles. The minimum atomic E-state index is -0.894. The molecule has 0 radical (unpaired) electrons. The Hall–Kier alpha value is -2.09. The summed E-state index contributed by atoms with van der Waals surface area (Å²) in [6.07, 6.45) is -1.62. The van der Waals surface area contributed by atoms with Crippen molar-refractivity contribution in [3.63, 3.8) is 0 Å². The summed E-state index contributed by atoms with van der Waals surface area (Å²) in [7, 11) is 0. The maximum Gasteiger partial charge on any atom is 0.254 e. The fraction of sp³-hybridized carbons (Fsp3) is 0.211. The van der Waals surface area contributed by atoms with Crippen LogP contribution < -0.4 is 5.32 Å². The second-order valence-corrected chi connectivity index (χ2v) is 6.46. The molecule has 1 aliphatic rings. The molecule has 0 saturated heterocycles. The molecule has 0 aromatic heterocycles. The molecule has 0 saturated carbocycles. The van der Waals surface area contributed by atoms with Crippen molar-refractivity contribution in [2.24, 2.45) is 0 Å². The first-order chi connectivity index (χ1) is 12.5. The van der Waals surface area contributed by atoms with Crippen LogP contribution in [0.1, 0.15) is 11.7 Å². The van der Waals surface area contributed by atoms with Crippen molar-refractivity contribution in [3.05, 3.63) is 76.9 Å². The molecule has 2 aromatic rings. The van der Waals surface area contributed by atoms with Gasteiger partial charge in [0.15, 0.2) is 0 Å². The van der Waals surface area contributed by atoms with E-state index in [0.29, 0.717) is 16.8 Å². The molecule has 1 amide bonds. The van der Waals surface area contributed by atoms with Crippen LogP contribution in [-0.2, 0) is 9.53 Å². The highest BCUT2D eigenvalue weighted by molar-refractivity contribution is 9.09. The van der Waals surface area contributed by atoms with E-state index in [-0.39, 0.29) is 17.5 Å². The number of anilines is 1. The summed E-state index contributed by atoms with van der Waals surface area (Å²) in [5, 5.41) is 13.1. The second kappa shape index (κ2) is 8.07. The lowest BCUT2D eigenvalue weighted by Crippen LogP contribution is -2.22. The van der Waals surface area contributed by atoms with E-state index in [2.05, 4.69) is 21.2 Å². The van der Waals surface area contributed by atoms with E-state index in [1.54, 1.807) is 0 Å². The van der Waals surface area contributed by atoms with Crippen molar-refractivity contribution in [1.82, 2.24) is 0 Å². The SMILES string of the molecule is O=C(Nc1ccc(F)cc1)C1=C(C(O)CBr)COC1c1ccc(F)cc1. The number of aliphatic hydroxyl groups excluding tert-OH is 1. The van der Waals surface area contributed by atoms with E-state index in [0.717, 1.165) is 0 Å². The zero-order valence-corrected chi connectivity index (χ0v) is 15.2. The predicted molar refractivity (Wildman–Crippen MR) is 96.9 cm³/mol. The van der Waals surface area contributed by atoms with Gasteiger partial charge in [-0.15, -0.1) is 0 Å². The van der Waals surface area contributed by atoms with E-state index in [1.165, 1.54) is 48.5 Å². The maximum absolute atomic E-state index is 13.2. The van der Waals surface area contributed by atoms with Crippen LogP contribution in [0.3, 0.4) is 0 Å². The van der Waals surface area contributed by atoms with Crippen LogP contribution in [0.4, 0.5) is 14.5 Å². The van der Waals surface area contributed by atoms with Crippen molar-refractivity contribution in [2.45, 2.75) is 12.2 Å². The molecule has 136 valence electrons. The Morgan fingerprint density at radius 2 is 1.73 bits per heavy atom. The number of carbonyl (C=O) groups is 1. The quantitative estimate of drug-likeness (QED) is 0.720. The Morgan fingerprint density at radius 3 is 2.31 bits per heavy atom. The van der Waals surface area contributed by atoms with Crippen LogP contribution in [0.25, 0.3) is 0 Å². The van der Waals surface area contributed by atoms with Gasteiger partial charge in [0.05, 0.1) is 18.3 Å². The smallest absolute Gasteiger partial charge is 0.254 e. The Labute approximate surface area is 157 Å². The summed E-state index contributed by atoms with van der Waals surface area (Å²) in [4.78, 5) is 12.8. The van der Waals surface area contributed by atoms with Crippen LogP contribution in [0.2, 0.25) is 0 Å². The van der Waals surface area contributed by atoms with Gasteiger partial charge in [-0.3, -0.25) is 4.79 Å². The summed E-state index contributed by atoms with van der Waals surface area (Å²) in [6.45, 7) is 0.0843. The average Bonchev–Trinajstić information content (AvgIpc) is 3.08. The molecule has 4 nitrogen and oxygen atoms in total. The van der Waals surface area contributed by atoms with Crippen LogP contribution in [0, 0.1) is 11.6 Å². The number of hydrogen-bond acceptors (Lipinski definition) is 3. The third kappa shape index (κ3) is 4.00. The molecular formula is C19H16BrF2NO3. The topological polar surface area (TPSA) is 58.6 Å². The summed E-state index contributed by atoms with van der Waals surface area (Å²) in [6, 6.07) is 11.0. The van der Waals surface area contributed by atoms with E-state index in [9.17, 15) is 18.7 Å². The number of alkyl halides is 1. The molecular weight excluding hydrogens is 408 g/mol. The largest absolute Gasteiger partial charge is 0.388 e. The van der Waals surface area contributed by atoms with Crippen LogP contribution in [0.5, 0.6) is 0 Å². The van der Waals surface area contributed by atoms with Gasteiger partial charge in [-0.05, 0) is 47.5 Å². The molecule has 1 heterocycles. The van der Waals surface area contributed by atoms with Crippen molar-refractivity contribution >= 4 is 27.5 Å². The van der Waals surface area contributed by atoms with Crippen molar-refractivity contribution in [2.75, 3.05) is 17.3 Å². The van der Waals surface area contributed by atoms with E-state index in [1.807, 2.05) is 0 Å². The Kier molecular flexibility index (Phi) is 5.80. The molecule has 0 spiro atoms. The van der Waals surface area contributed by atoms with Crippen LogP contribution in [0.15, 0.2) is 59.7 Å². The van der Waals surface area contributed by atoms with E-state index < -0.39 is 29.7 Å². The fourth-order valence-corrected chi connectivity index (χ4v) is 3.16. The van der Waals surface area contributed by atoms with Gasteiger partial charge in [-0.2, -0.15) is 0 Å². The first-order valence-corrected chi connectivity index (χ1v) is 9.02. The third-order valence-electron chi connectivity index (χ3n) is 4.08. The highest BCUT2D eigenvalue weighted by atomic mass is 79.9. The van der Waals surface area contributed by atoms with Crippen molar-refractivity contribution in [3.8, 4) is 0 Å². The molecule has 1 aliphatic heterocycles. The third-order valence-corrected chi connectivity index (χ3v) is 4.69. The maximum atomic E-state index is 13.2. The lowest BCUT2D eigenvalue weighted by molar-refractivity contribution is -0.113. The van der Waals surface area contributed by atoms with Gasteiger partial charge in [0, 0.05) is 11.0 Å². The molecule has 2 unspecified atom stereocenters. The fourth-order valence-electron chi connectivity index (χ4n) is 2.77. The zero-order valence-electron chi connectivity index (χ0n) is 13.6. The predicted octanol–water partition coefficient (Wildman–Crippen LogP) is 3.73. The normalized spacial score (nSPS) is 18.1. The number of benzene rings is 2. The van der Waals surface area contributed by atoms with Gasteiger partial charge in [-0.25, -0.2) is 8.78 Å². The molecule has 2 N–H and O–H groups in total. The number of halogens is 3. The number of carbonyl (C=O) groups excluding carboxylic acids is 1. The summed E-state index contributed by atoms with van der Waals surface area (Å²) in [5.41, 5.74) is 1.75. The standard InChI is InChI=1S/C19H16BrF2NO3/c20-9-16(24)15-10-26-18(11-1-3-12(21)4-2-11)17(15)19(25)23-14-7-5-13(22)6-8-14/h1-8,16,18,24H,9-10H2,(H,23,25). The van der Waals surface area contributed by atoms with Gasteiger partial charge < -0.3 is 15.2 Å². The van der Waals surface area contributed by atoms with Crippen molar-refractivity contribution < 1.29 is 23.4 Å². The first kappa shape index (κ1) is 18.7. The van der Waals surface area contributed by atoms with E-state index >= 15 is 0 Å². The highest BCUT2D eigenvalue weighted by Gasteiger charge is 2.35. The number of aliphatic hydroxyl groups is 1. The summed E-state index contributed by atoms with van der Waals surface area (Å²) >= 11 is 3.20. The number of amides is 1. The lowest BCUT2D eigenvalue weighted by Gasteiger charge is -2.16. The number of ether oxygens (including phenoxy) is 1. The average molecular weight is 424 g/mol. The Balaban J connectivity index is 1.93. The molecule has 2 atom stereocenters. The monoisotopic (exact) mass is 423 g/mol. The van der Waals surface area contributed by atoms with Crippen LogP contribution in [-0.4, -0.2) is 29.1 Å². The number of rotatable bonds is 5. The highest BCUT2D eigenvalue weighted by Crippen LogP contribution is 2.36. The Bertz CT molecular complexity index is 822. The van der Waals surface area contributed by atoms with Crippen LogP contribution >= 0.6 is 15.9 Å². The lowest BCUT2D eigenvalue weighted by atomic mass is 9.96. The Morgan fingerprint density at radius 1 is 1.15 bits per heavy atom. The molecule has 26 heavy (non-hydrogen) atoms. The summed E-state index contributed by atoms with van der Waals surface area (Å²) < 4.78 is 32.0. The van der Waals surface area contributed by atoms with Gasteiger partial charge in [0.2, 0.25) is 0 Å². The molecule has 0 aliphatic carbocycles. The number of hydrogen-bond donors (Lipinski definition) is 2. The van der Waals surface area contributed by atoms with Gasteiger partial charge in [0.25, 0.3) is 5.91 Å². The number of nitrogens with one attached hydrogen (secondary N) is 1. The summed E-state index contributed by atoms with van der Waals surface area (Å²) in [5.74, 6) is -1.27. The minimum absolute atomic E-state index is 0.0843. The van der Waals surface area contributed by atoms with Gasteiger partial charge in [-0.1, -0.05) is 28.1 Å². The van der Waals surface area contributed by atoms with Gasteiger partial charge in [0.1, 0.15) is 17.7 Å². The van der Waals surface area contributed by atoms with Gasteiger partial charge >= 0.3 is 0 Å². The molecule has 0 bridgehead atoms. The van der Waals surface area contributed by atoms with E-state index in [4.69, 9.17) is 4.74 Å². The minimum Gasteiger partial charge on any atom is -0.388 e. The van der Waals surface area contributed by atoms with Crippen molar-refractivity contribution in [1.29, 1.82) is 0 Å². The molecule has 0 fully saturated rings.